The molecule has 0 aromatic heterocycles. The lowest BCUT2D eigenvalue weighted by atomic mass is 10.1. The number of carbonyl (C=O) groups excluding carboxylic acids is 3. The minimum Gasteiger partial charge on any atom is -0.326 e. The molecule has 2 aromatic rings. The maximum Gasteiger partial charge on any atom is 0.240 e. The molecule has 8 nitrogen and oxygen atoms in total. The lowest BCUT2D eigenvalue weighted by Crippen LogP contribution is -2.33. The predicted molar refractivity (Wildman–Crippen MR) is 118 cm³/mol. The first kappa shape index (κ1) is 22.6. The second-order valence-electron chi connectivity index (χ2n) is 7.56. The molecule has 0 fully saturated rings. The van der Waals surface area contributed by atoms with Gasteiger partial charge in [0.05, 0.1) is 4.90 Å². The zero-order chi connectivity index (χ0) is 22.8. The predicted octanol–water partition coefficient (Wildman–Crippen LogP) is 2.49. The summed E-state index contributed by atoms with van der Waals surface area (Å²) in [6.07, 6.45) is 0.539. The summed E-state index contributed by atoms with van der Waals surface area (Å²) in [5, 5.41) is 2.67. The lowest BCUT2D eigenvalue weighted by molar-refractivity contribution is -0.117. The first-order valence-electron chi connectivity index (χ1n) is 9.92. The Morgan fingerprint density at radius 2 is 1.74 bits per heavy atom. The highest BCUT2D eigenvalue weighted by atomic mass is 32.2. The van der Waals surface area contributed by atoms with Gasteiger partial charge in [0.2, 0.25) is 21.8 Å². The third-order valence-electron chi connectivity index (χ3n) is 5.14. The largest absolute Gasteiger partial charge is 0.326 e. The van der Waals surface area contributed by atoms with E-state index in [1.807, 2.05) is 6.92 Å². The number of rotatable bonds is 7. The molecular formula is C22H25N3O5S. The summed E-state index contributed by atoms with van der Waals surface area (Å²) in [6, 6.07) is 11.1. The van der Waals surface area contributed by atoms with Gasteiger partial charge in [-0.15, -0.1) is 0 Å². The lowest BCUT2D eigenvalue weighted by Gasteiger charge is -2.20. The summed E-state index contributed by atoms with van der Waals surface area (Å²) < 4.78 is 27.7. The van der Waals surface area contributed by atoms with Crippen LogP contribution in [-0.2, 0) is 26.0 Å². The van der Waals surface area contributed by atoms with Gasteiger partial charge in [-0.2, -0.15) is 0 Å². The Morgan fingerprint density at radius 3 is 2.35 bits per heavy atom. The maximum atomic E-state index is 12.6. The van der Waals surface area contributed by atoms with Crippen LogP contribution in [0.5, 0.6) is 0 Å². The Bertz CT molecular complexity index is 1130. The standard InChI is InChI=1S/C22H25N3O5S/c1-14-12-18-13-20(8-9-21(18)25(14)16(3)27)31(29,30)23-11-10-22(28)24-19-6-4-17(5-7-19)15(2)26/h4-9,13-14,23H,10-12H2,1-3H3,(H,24,28)/t14-/m1/s1. The van der Waals surface area contributed by atoms with Gasteiger partial charge in [-0.3, -0.25) is 14.4 Å². The highest BCUT2D eigenvalue weighted by Gasteiger charge is 2.30. The van der Waals surface area contributed by atoms with Crippen molar-refractivity contribution in [2.75, 3.05) is 16.8 Å². The second-order valence-corrected chi connectivity index (χ2v) is 9.33. The van der Waals surface area contributed by atoms with Crippen LogP contribution in [-0.4, -0.2) is 38.6 Å². The molecule has 0 saturated carbocycles. The molecule has 1 aliphatic rings. The molecule has 31 heavy (non-hydrogen) atoms. The summed E-state index contributed by atoms with van der Waals surface area (Å²) >= 11 is 0. The van der Waals surface area contributed by atoms with Gasteiger partial charge in [0.15, 0.2) is 5.78 Å². The Hall–Kier alpha value is -3.04. The van der Waals surface area contributed by atoms with Gasteiger partial charge < -0.3 is 10.2 Å². The molecule has 2 amide bonds. The summed E-state index contributed by atoms with van der Waals surface area (Å²) in [5.41, 5.74) is 2.60. The van der Waals surface area contributed by atoms with Gasteiger partial charge >= 0.3 is 0 Å². The highest BCUT2D eigenvalue weighted by molar-refractivity contribution is 7.89. The van der Waals surface area contributed by atoms with E-state index in [1.54, 1.807) is 41.3 Å². The number of hydrogen-bond acceptors (Lipinski definition) is 5. The van der Waals surface area contributed by atoms with Crippen molar-refractivity contribution in [1.29, 1.82) is 0 Å². The SMILES string of the molecule is CC(=O)c1ccc(NC(=O)CCNS(=O)(=O)c2ccc3c(c2)C[C@@H](C)N3C(C)=O)cc1. The monoisotopic (exact) mass is 443 g/mol. The second kappa shape index (κ2) is 8.99. The van der Waals surface area contributed by atoms with Crippen molar-refractivity contribution in [2.45, 2.75) is 44.6 Å². The first-order valence-corrected chi connectivity index (χ1v) is 11.4. The van der Waals surface area contributed by atoms with E-state index in [9.17, 15) is 22.8 Å². The number of benzene rings is 2. The van der Waals surface area contributed by atoms with Crippen LogP contribution in [0.3, 0.4) is 0 Å². The molecule has 0 radical (unpaired) electrons. The zero-order valence-corrected chi connectivity index (χ0v) is 18.5. The van der Waals surface area contributed by atoms with E-state index in [1.165, 1.54) is 19.9 Å². The fourth-order valence-electron chi connectivity index (χ4n) is 3.65. The molecule has 1 aliphatic heterocycles. The average Bonchev–Trinajstić information content (AvgIpc) is 3.03. The molecule has 0 unspecified atom stereocenters. The maximum absolute atomic E-state index is 12.6. The number of fused-ring (bicyclic) bond motifs is 1. The summed E-state index contributed by atoms with van der Waals surface area (Å²) in [5.74, 6) is -0.498. The van der Waals surface area contributed by atoms with Crippen LogP contribution in [0.4, 0.5) is 11.4 Å². The van der Waals surface area contributed by atoms with E-state index in [-0.39, 0.29) is 41.5 Å². The summed E-state index contributed by atoms with van der Waals surface area (Å²) in [6.45, 7) is 4.80. The van der Waals surface area contributed by atoms with Gasteiger partial charge in [-0.25, -0.2) is 13.1 Å². The van der Waals surface area contributed by atoms with Crippen molar-refractivity contribution >= 4 is 39.0 Å². The van der Waals surface area contributed by atoms with E-state index in [4.69, 9.17) is 0 Å². The number of nitrogens with zero attached hydrogens (tertiary/aromatic N) is 1. The van der Waals surface area contributed by atoms with Crippen molar-refractivity contribution in [3.05, 3.63) is 53.6 Å². The van der Waals surface area contributed by atoms with Crippen LogP contribution in [0.1, 0.15) is 43.1 Å². The Kier molecular flexibility index (Phi) is 6.56. The molecule has 9 heteroatoms. The molecule has 0 bridgehead atoms. The molecule has 2 aromatic carbocycles. The zero-order valence-electron chi connectivity index (χ0n) is 17.6. The topological polar surface area (TPSA) is 113 Å². The smallest absolute Gasteiger partial charge is 0.240 e. The van der Waals surface area contributed by atoms with E-state index in [0.29, 0.717) is 17.7 Å². The van der Waals surface area contributed by atoms with Crippen LogP contribution < -0.4 is 14.9 Å². The quantitative estimate of drug-likeness (QED) is 0.639. The molecule has 0 aliphatic carbocycles. The number of sulfonamides is 1. The van der Waals surface area contributed by atoms with Gasteiger partial charge in [0.1, 0.15) is 0 Å². The van der Waals surface area contributed by atoms with E-state index in [2.05, 4.69) is 10.0 Å². The minimum atomic E-state index is -3.79. The molecule has 0 spiro atoms. The normalized spacial score (nSPS) is 15.5. The molecular weight excluding hydrogens is 418 g/mol. The average molecular weight is 444 g/mol. The van der Waals surface area contributed by atoms with Crippen molar-refractivity contribution in [3.63, 3.8) is 0 Å². The molecule has 2 N–H and O–H groups in total. The van der Waals surface area contributed by atoms with Crippen LogP contribution >= 0.6 is 0 Å². The van der Waals surface area contributed by atoms with Crippen molar-refractivity contribution in [3.8, 4) is 0 Å². The number of ketones is 1. The van der Waals surface area contributed by atoms with Gasteiger partial charge in [-0.1, -0.05) is 0 Å². The summed E-state index contributed by atoms with van der Waals surface area (Å²) in [4.78, 5) is 37.0. The van der Waals surface area contributed by atoms with Crippen LogP contribution in [0, 0.1) is 0 Å². The number of anilines is 2. The molecule has 1 atom stereocenters. The number of amides is 2. The number of Topliss-reactive ketones (excluding diaryl/α,β-unsaturated/α-hetero) is 1. The van der Waals surface area contributed by atoms with Gasteiger partial charge in [-0.05, 0) is 68.3 Å². The Balaban J connectivity index is 1.58. The molecule has 1 heterocycles. The summed E-state index contributed by atoms with van der Waals surface area (Å²) in [7, 11) is -3.79. The fraction of sp³-hybridized carbons (Fsp3) is 0.318. The number of hydrogen-bond donors (Lipinski definition) is 2. The van der Waals surface area contributed by atoms with Gasteiger partial charge in [0.25, 0.3) is 0 Å². The van der Waals surface area contributed by atoms with Crippen molar-refractivity contribution in [2.24, 2.45) is 0 Å². The van der Waals surface area contributed by atoms with Gasteiger partial charge in [0, 0.05) is 42.9 Å². The Morgan fingerprint density at radius 1 is 1.06 bits per heavy atom. The van der Waals surface area contributed by atoms with Crippen LogP contribution in [0.15, 0.2) is 47.4 Å². The van der Waals surface area contributed by atoms with Crippen molar-refractivity contribution < 1.29 is 22.8 Å². The number of nitrogens with one attached hydrogen (secondary N) is 2. The number of carbonyl (C=O) groups is 3. The third-order valence-corrected chi connectivity index (χ3v) is 6.59. The van der Waals surface area contributed by atoms with E-state index in [0.717, 1.165) is 11.3 Å². The van der Waals surface area contributed by atoms with Crippen LogP contribution in [0.2, 0.25) is 0 Å². The van der Waals surface area contributed by atoms with E-state index < -0.39 is 10.0 Å². The molecule has 3 rings (SSSR count). The fourth-order valence-corrected chi connectivity index (χ4v) is 4.73. The van der Waals surface area contributed by atoms with Crippen LogP contribution in [0.25, 0.3) is 0 Å². The van der Waals surface area contributed by atoms with E-state index >= 15 is 0 Å². The minimum absolute atomic E-state index is 0.0216. The Labute approximate surface area is 181 Å². The molecule has 164 valence electrons. The first-order chi connectivity index (χ1) is 14.6. The van der Waals surface area contributed by atoms with Crippen molar-refractivity contribution in [1.82, 2.24) is 4.72 Å². The highest BCUT2D eigenvalue weighted by Crippen LogP contribution is 2.33. The third kappa shape index (κ3) is 5.18. The molecule has 0 saturated heterocycles.